The van der Waals surface area contributed by atoms with Crippen molar-refractivity contribution in [3.8, 4) is 0 Å². The normalized spacial score (nSPS) is 16.1. The van der Waals surface area contributed by atoms with E-state index >= 15 is 0 Å². The van der Waals surface area contributed by atoms with Gasteiger partial charge in [-0.1, -0.05) is 58.0 Å². The lowest BCUT2D eigenvalue weighted by atomic mass is 9.71. The Morgan fingerprint density at radius 1 is 1.20 bits per heavy atom. The van der Waals surface area contributed by atoms with Crippen LogP contribution in [0, 0.1) is 5.41 Å². The molecule has 1 aromatic rings. The number of rotatable bonds is 4. The molecule has 2 atom stereocenters. The molecule has 0 aliphatic carbocycles. The third-order valence-corrected chi connectivity index (χ3v) is 4.25. The van der Waals surface area contributed by atoms with E-state index in [1.54, 1.807) is 0 Å². The van der Waals surface area contributed by atoms with Crippen LogP contribution in [-0.2, 0) is 0 Å². The van der Waals surface area contributed by atoms with E-state index in [-0.39, 0.29) is 5.41 Å². The molecule has 1 heteroatoms. The minimum Gasteiger partial charge on any atom is -0.176 e. The van der Waals surface area contributed by atoms with Crippen molar-refractivity contribution in [3.63, 3.8) is 0 Å². The molecule has 0 amide bonds. The number of thiol groups is 1. The van der Waals surface area contributed by atoms with Crippen LogP contribution in [0.1, 0.15) is 45.6 Å². The molecule has 1 rings (SSSR count). The quantitative estimate of drug-likeness (QED) is 0.711. The van der Waals surface area contributed by atoms with Gasteiger partial charge in [0.05, 0.1) is 0 Å². The van der Waals surface area contributed by atoms with Crippen molar-refractivity contribution >= 4 is 12.6 Å². The Labute approximate surface area is 99.5 Å². The second-order valence-corrected chi connectivity index (χ2v) is 5.64. The van der Waals surface area contributed by atoms with Gasteiger partial charge in [-0.3, -0.25) is 0 Å². The molecule has 2 unspecified atom stereocenters. The largest absolute Gasteiger partial charge is 0.176 e. The summed E-state index contributed by atoms with van der Waals surface area (Å²) in [6, 6.07) is 10.8. The molecule has 0 spiro atoms. The summed E-state index contributed by atoms with van der Waals surface area (Å²) in [7, 11) is 0. The Hall–Kier alpha value is -0.430. The minimum absolute atomic E-state index is 0.235. The zero-order valence-corrected chi connectivity index (χ0v) is 11.1. The van der Waals surface area contributed by atoms with Crippen LogP contribution in [-0.4, -0.2) is 5.25 Å². The second-order valence-electron chi connectivity index (χ2n) is 4.87. The number of benzene rings is 1. The first-order chi connectivity index (χ1) is 7.00. The predicted octanol–water partition coefficient (Wildman–Crippen LogP) is 4.52. The Morgan fingerprint density at radius 3 is 2.13 bits per heavy atom. The molecule has 0 saturated carbocycles. The number of hydrogen-bond donors (Lipinski definition) is 1. The van der Waals surface area contributed by atoms with E-state index in [0.29, 0.717) is 11.2 Å². The van der Waals surface area contributed by atoms with Gasteiger partial charge < -0.3 is 0 Å². The third-order valence-electron chi connectivity index (χ3n) is 3.59. The van der Waals surface area contributed by atoms with Gasteiger partial charge in [-0.2, -0.15) is 12.6 Å². The maximum Gasteiger partial charge on any atom is 0.00455 e. The predicted molar refractivity (Wildman–Crippen MR) is 71.7 cm³/mol. The summed E-state index contributed by atoms with van der Waals surface area (Å²) in [4.78, 5) is 0. The Kier molecular flexibility index (Phi) is 4.27. The van der Waals surface area contributed by atoms with Crippen LogP contribution in [0.3, 0.4) is 0 Å². The topological polar surface area (TPSA) is 0 Å². The van der Waals surface area contributed by atoms with Gasteiger partial charge in [0.2, 0.25) is 0 Å². The van der Waals surface area contributed by atoms with Crippen molar-refractivity contribution in [2.24, 2.45) is 5.41 Å². The van der Waals surface area contributed by atoms with Gasteiger partial charge in [0, 0.05) is 5.25 Å². The van der Waals surface area contributed by atoms with E-state index in [9.17, 15) is 0 Å². The molecule has 0 aromatic heterocycles. The van der Waals surface area contributed by atoms with Crippen LogP contribution in [0.5, 0.6) is 0 Å². The van der Waals surface area contributed by atoms with Crippen LogP contribution < -0.4 is 0 Å². The maximum atomic E-state index is 4.62. The standard InChI is InChI=1S/C14H22S/c1-5-13(14(3,4)11(2)15)12-9-7-6-8-10-12/h6-11,13,15H,5H2,1-4H3. The first-order valence-electron chi connectivity index (χ1n) is 5.73. The van der Waals surface area contributed by atoms with E-state index in [4.69, 9.17) is 0 Å². The molecule has 0 nitrogen and oxygen atoms in total. The summed E-state index contributed by atoms with van der Waals surface area (Å²) in [5.74, 6) is 0.589. The summed E-state index contributed by atoms with van der Waals surface area (Å²) >= 11 is 4.62. The summed E-state index contributed by atoms with van der Waals surface area (Å²) < 4.78 is 0. The molecule has 0 heterocycles. The highest BCUT2D eigenvalue weighted by Gasteiger charge is 2.32. The lowest BCUT2D eigenvalue weighted by molar-refractivity contribution is 0.277. The fourth-order valence-electron chi connectivity index (χ4n) is 2.17. The van der Waals surface area contributed by atoms with Crippen molar-refractivity contribution in [2.45, 2.75) is 45.3 Å². The lowest BCUT2D eigenvalue weighted by Gasteiger charge is -2.37. The number of hydrogen-bond acceptors (Lipinski definition) is 1. The molecule has 0 aliphatic rings. The molecule has 0 fully saturated rings. The van der Waals surface area contributed by atoms with E-state index in [1.165, 1.54) is 12.0 Å². The molecule has 15 heavy (non-hydrogen) atoms. The maximum absolute atomic E-state index is 4.62. The molecular formula is C14H22S. The van der Waals surface area contributed by atoms with Crippen molar-refractivity contribution in [2.75, 3.05) is 0 Å². The molecule has 0 N–H and O–H groups in total. The minimum atomic E-state index is 0.235. The van der Waals surface area contributed by atoms with Crippen LogP contribution in [0.2, 0.25) is 0 Å². The van der Waals surface area contributed by atoms with Gasteiger partial charge in [0.1, 0.15) is 0 Å². The van der Waals surface area contributed by atoms with Crippen molar-refractivity contribution in [3.05, 3.63) is 35.9 Å². The van der Waals surface area contributed by atoms with Crippen molar-refractivity contribution in [1.82, 2.24) is 0 Å². The zero-order chi connectivity index (χ0) is 11.5. The second kappa shape index (κ2) is 5.07. The van der Waals surface area contributed by atoms with Crippen LogP contribution in [0.25, 0.3) is 0 Å². The lowest BCUT2D eigenvalue weighted by Crippen LogP contribution is -2.29. The van der Waals surface area contributed by atoms with Crippen LogP contribution in [0.15, 0.2) is 30.3 Å². The molecule has 84 valence electrons. The monoisotopic (exact) mass is 222 g/mol. The van der Waals surface area contributed by atoms with Gasteiger partial charge in [-0.25, -0.2) is 0 Å². The highest BCUT2D eigenvalue weighted by Crippen LogP contribution is 2.42. The fraction of sp³-hybridized carbons (Fsp3) is 0.571. The fourth-order valence-corrected chi connectivity index (χ4v) is 2.35. The van der Waals surface area contributed by atoms with Crippen LogP contribution >= 0.6 is 12.6 Å². The van der Waals surface area contributed by atoms with Crippen molar-refractivity contribution < 1.29 is 0 Å². The van der Waals surface area contributed by atoms with E-state index in [0.717, 1.165) is 0 Å². The summed E-state index contributed by atoms with van der Waals surface area (Å²) in [5, 5.41) is 0.405. The average Bonchev–Trinajstić information content (AvgIpc) is 2.19. The molecule has 0 aliphatic heterocycles. The van der Waals surface area contributed by atoms with Gasteiger partial charge in [-0.05, 0) is 23.3 Å². The Balaban J connectivity index is 2.99. The van der Waals surface area contributed by atoms with Gasteiger partial charge in [0.15, 0.2) is 0 Å². The van der Waals surface area contributed by atoms with Crippen molar-refractivity contribution in [1.29, 1.82) is 0 Å². The van der Waals surface area contributed by atoms with Gasteiger partial charge in [-0.15, -0.1) is 0 Å². The van der Waals surface area contributed by atoms with Crippen LogP contribution in [0.4, 0.5) is 0 Å². The molecular weight excluding hydrogens is 200 g/mol. The summed E-state index contributed by atoms with van der Waals surface area (Å²) in [6.07, 6.45) is 1.17. The Morgan fingerprint density at radius 2 is 1.73 bits per heavy atom. The summed E-state index contributed by atoms with van der Waals surface area (Å²) in [6.45, 7) is 9.07. The van der Waals surface area contributed by atoms with E-state index in [2.05, 4.69) is 70.7 Å². The molecule has 0 saturated heterocycles. The van der Waals surface area contributed by atoms with E-state index < -0.39 is 0 Å². The average molecular weight is 222 g/mol. The highest BCUT2D eigenvalue weighted by atomic mass is 32.1. The van der Waals surface area contributed by atoms with E-state index in [1.807, 2.05) is 0 Å². The molecule has 0 bridgehead atoms. The molecule has 0 radical (unpaired) electrons. The first kappa shape index (κ1) is 12.6. The van der Waals surface area contributed by atoms with Gasteiger partial charge in [0.25, 0.3) is 0 Å². The smallest absolute Gasteiger partial charge is 0.00455 e. The first-order valence-corrected chi connectivity index (χ1v) is 6.24. The zero-order valence-electron chi connectivity index (χ0n) is 10.2. The third kappa shape index (κ3) is 2.78. The SMILES string of the molecule is CCC(c1ccccc1)C(C)(C)C(C)S. The molecule has 1 aromatic carbocycles. The van der Waals surface area contributed by atoms with Gasteiger partial charge >= 0.3 is 0 Å². The summed E-state index contributed by atoms with van der Waals surface area (Å²) in [5.41, 5.74) is 1.67. The Bertz CT molecular complexity index is 287. The highest BCUT2D eigenvalue weighted by molar-refractivity contribution is 7.81.